The minimum Gasteiger partial charge on any atom is -0.258 e. The van der Waals surface area contributed by atoms with Crippen molar-refractivity contribution in [2.45, 2.75) is 20.3 Å². The Morgan fingerprint density at radius 2 is 2.06 bits per heavy atom. The monoisotopic (exact) mass is 223 g/mol. The maximum atomic E-state index is 4.36. The van der Waals surface area contributed by atoms with Gasteiger partial charge in [-0.1, -0.05) is 31.4 Å². The third-order valence-corrected chi connectivity index (χ3v) is 3.01. The van der Waals surface area contributed by atoms with Crippen LogP contribution in [0.3, 0.4) is 0 Å². The van der Waals surface area contributed by atoms with Crippen molar-refractivity contribution in [1.82, 2.24) is 0 Å². The zero-order chi connectivity index (χ0) is 12.4. The van der Waals surface area contributed by atoms with E-state index in [1.807, 2.05) is 13.8 Å². The third kappa shape index (κ3) is 2.44. The van der Waals surface area contributed by atoms with E-state index in [9.17, 15) is 0 Å². The summed E-state index contributed by atoms with van der Waals surface area (Å²) in [5, 5.41) is 2.25. The Balaban J connectivity index is 2.44. The molecule has 0 radical (unpaired) electrons. The van der Waals surface area contributed by atoms with Gasteiger partial charge in [-0.05, 0) is 47.6 Å². The van der Waals surface area contributed by atoms with E-state index in [2.05, 4.69) is 48.5 Å². The van der Waals surface area contributed by atoms with Crippen molar-refractivity contribution >= 4 is 24.4 Å². The molecule has 1 nitrogen and oxygen atoms in total. The first-order valence-corrected chi connectivity index (χ1v) is 5.79. The molecule has 0 N–H and O–H groups in total. The third-order valence-electron chi connectivity index (χ3n) is 3.01. The number of aliphatic imine (C=N–C) groups is 1. The largest absolute Gasteiger partial charge is 0.258 e. The molecule has 1 aromatic rings. The lowest BCUT2D eigenvalue weighted by atomic mass is 10.0. The van der Waals surface area contributed by atoms with Gasteiger partial charge in [-0.3, -0.25) is 4.99 Å². The zero-order valence-corrected chi connectivity index (χ0v) is 10.5. The van der Waals surface area contributed by atoms with E-state index >= 15 is 0 Å². The molecular formula is C16H17N. The van der Waals surface area contributed by atoms with Gasteiger partial charge >= 0.3 is 0 Å². The van der Waals surface area contributed by atoms with Crippen LogP contribution in [0.25, 0.3) is 18.7 Å². The first-order chi connectivity index (χ1) is 8.10. The summed E-state index contributed by atoms with van der Waals surface area (Å²) in [6.07, 6.45) is 5.13. The highest BCUT2D eigenvalue weighted by atomic mass is 14.8. The average molecular weight is 223 g/mol. The van der Waals surface area contributed by atoms with Gasteiger partial charge in [0.05, 0.1) is 0 Å². The van der Waals surface area contributed by atoms with Crippen LogP contribution in [0.2, 0.25) is 0 Å². The van der Waals surface area contributed by atoms with Crippen LogP contribution in [0.15, 0.2) is 41.0 Å². The van der Waals surface area contributed by atoms with Crippen molar-refractivity contribution in [3.8, 4) is 0 Å². The molecule has 0 bridgehead atoms. The lowest BCUT2D eigenvalue weighted by Crippen LogP contribution is -2.22. The number of nitrogens with zero attached hydrogens (tertiary/aromatic N) is 1. The van der Waals surface area contributed by atoms with E-state index in [4.69, 9.17) is 0 Å². The smallest absolute Gasteiger partial charge is 0.0411 e. The molecule has 17 heavy (non-hydrogen) atoms. The highest BCUT2D eigenvalue weighted by molar-refractivity contribution is 6.05. The van der Waals surface area contributed by atoms with E-state index in [1.54, 1.807) is 0 Å². The van der Waals surface area contributed by atoms with Crippen LogP contribution in [0.1, 0.15) is 25.8 Å². The Morgan fingerprint density at radius 3 is 2.65 bits per heavy atom. The normalized spacial score (nSPS) is 18.9. The molecule has 1 aliphatic rings. The van der Waals surface area contributed by atoms with Crippen LogP contribution < -0.4 is 10.4 Å². The highest BCUT2D eigenvalue weighted by Gasteiger charge is 2.11. The van der Waals surface area contributed by atoms with E-state index < -0.39 is 0 Å². The van der Waals surface area contributed by atoms with Crippen LogP contribution in [0.5, 0.6) is 0 Å². The number of rotatable bonds is 1. The van der Waals surface area contributed by atoms with Gasteiger partial charge in [-0.2, -0.15) is 0 Å². The van der Waals surface area contributed by atoms with Gasteiger partial charge in [0.1, 0.15) is 0 Å². The van der Waals surface area contributed by atoms with Gasteiger partial charge in [0, 0.05) is 17.8 Å². The van der Waals surface area contributed by atoms with E-state index in [-0.39, 0.29) is 0 Å². The minimum absolute atomic E-state index is 0.864. The second-order valence-corrected chi connectivity index (χ2v) is 4.36. The Hall–Kier alpha value is -1.89. The molecular weight excluding hydrogens is 206 g/mol. The van der Waals surface area contributed by atoms with Crippen LogP contribution in [0.4, 0.5) is 0 Å². The fourth-order valence-electron chi connectivity index (χ4n) is 2.02. The van der Waals surface area contributed by atoms with Crippen molar-refractivity contribution in [3.63, 3.8) is 0 Å². The lowest BCUT2D eigenvalue weighted by molar-refractivity contribution is 1.22. The van der Waals surface area contributed by atoms with Crippen molar-refractivity contribution in [3.05, 3.63) is 52.0 Å². The van der Waals surface area contributed by atoms with Crippen molar-refractivity contribution in [1.29, 1.82) is 0 Å². The van der Waals surface area contributed by atoms with E-state index in [0.717, 1.165) is 23.0 Å². The summed E-state index contributed by atoms with van der Waals surface area (Å²) < 4.78 is 0. The molecule has 0 unspecified atom stereocenters. The Bertz CT molecular complexity index is 630. The molecule has 1 heterocycles. The van der Waals surface area contributed by atoms with Crippen molar-refractivity contribution in [2.75, 3.05) is 0 Å². The van der Waals surface area contributed by atoms with E-state index in [1.165, 1.54) is 16.4 Å². The average Bonchev–Trinajstić information content (AvgIpc) is 2.60. The summed E-state index contributed by atoms with van der Waals surface area (Å²) in [4.78, 5) is 4.36. The molecule has 0 saturated carbocycles. The summed E-state index contributed by atoms with van der Waals surface area (Å²) >= 11 is 0. The van der Waals surface area contributed by atoms with Gasteiger partial charge in [-0.15, -0.1) is 0 Å². The fraction of sp³-hybridized carbons (Fsp3) is 0.188. The first-order valence-electron chi connectivity index (χ1n) is 5.79. The van der Waals surface area contributed by atoms with Crippen molar-refractivity contribution in [2.24, 2.45) is 4.99 Å². The summed E-state index contributed by atoms with van der Waals surface area (Å²) in [7, 11) is 0. The lowest BCUT2D eigenvalue weighted by Gasteiger charge is -1.99. The fourth-order valence-corrected chi connectivity index (χ4v) is 2.02. The maximum Gasteiger partial charge on any atom is 0.0411 e. The second kappa shape index (κ2) is 4.54. The molecule has 1 heteroatoms. The quantitative estimate of drug-likeness (QED) is 0.694. The van der Waals surface area contributed by atoms with Crippen molar-refractivity contribution < 1.29 is 0 Å². The standard InChI is InChI=1S/C16H17N/c1-5-15-9-14(7-6-11(15)2)10-16-8-12(3)17-13(16)4/h5-7,9-10H,2-3,8H2,1,4H3/b15-5-,16-10+. The van der Waals surface area contributed by atoms with Gasteiger partial charge in [0.15, 0.2) is 0 Å². The zero-order valence-electron chi connectivity index (χ0n) is 10.5. The molecule has 0 spiro atoms. The van der Waals surface area contributed by atoms with Crippen LogP contribution >= 0.6 is 0 Å². The van der Waals surface area contributed by atoms with Crippen LogP contribution in [0, 0.1) is 0 Å². The van der Waals surface area contributed by atoms with E-state index in [0.29, 0.717) is 0 Å². The molecule has 1 aliphatic heterocycles. The minimum atomic E-state index is 0.864. The SMILES string of the molecule is C=C1C/C(=C\c2ccc(=C)/c(=C\C)c2)C(C)=N1. The predicted octanol–water partition coefficient (Wildman–Crippen LogP) is 2.66. The number of hydrogen-bond acceptors (Lipinski definition) is 1. The summed E-state index contributed by atoms with van der Waals surface area (Å²) in [6, 6.07) is 6.30. The van der Waals surface area contributed by atoms with Crippen LogP contribution in [-0.2, 0) is 0 Å². The van der Waals surface area contributed by atoms with Gasteiger partial charge in [0.2, 0.25) is 0 Å². The molecule has 1 aromatic carbocycles. The number of hydrogen-bond donors (Lipinski definition) is 0. The predicted molar refractivity (Wildman–Crippen MR) is 76.2 cm³/mol. The maximum absolute atomic E-state index is 4.36. The Morgan fingerprint density at radius 1 is 1.29 bits per heavy atom. The Labute approximate surface area is 102 Å². The topological polar surface area (TPSA) is 12.4 Å². The second-order valence-electron chi connectivity index (χ2n) is 4.36. The molecule has 0 aromatic heterocycles. The van der Waals surface area contributed by atoms with Gasteiger partial charge < -0.3 is 0 Å². The molecule has 0 saturated heterocycles. The summed E-state index contributed by atoms with van der Waals surface area (Å²) in [6.45, 7) is 12.0. The molecule has 0 atom stereocenters. The molecule has 0 fully saturated rings. The Kier molecular flexibility index (Phi) is 3.10. The number of benzene rings is 1. The highest BCUT2D eigenvalue weighted by Crippen LogP contribution is 2.22. The molecule has 0 aliphatic carbocycles. The first kappa shape index (κ1) is 11.6. The van der Waals surface area contributed by atoms with Gasteiger partial charge in [0.25, 0.3) is 0 Å². The molecule has 86 valence electrons. The summed E-state index contributed by atoms with van der Waals surface area (Å²) in [5.41, 5.74) is 4.49. The number of allylic oxidation sites excluding steroid dienone is 1. The summed E-state index contributed by atoms with van der Waals surface area (Å²) in [5.74, 6) is 0. The van der Waals surface area contributed by atoms with Gasteiger partial charge in [-0.25, -0.2) is 0 Å². The molecule has 0 amide bonds. The molecule has 2 rings (SSSR count). The van der Waals surface area contributed by atoms with Crippen LogP contribution in [-0.4, -0.2) is 5.71 Å².